The number of alkyl halides is 5. The van der Waals surface area contributed by atoms with E-state index in [0.29, 0.717) is 5.56 Å². The Morgan fingerprint density at radius 1 is 1.12 bits per heavy atom. The lowest BCUT2D eigenvalue weighted by atomic mass is 10.1. The van der Waals surface area contributed by atoms with Crippen molar-refractivity contribution in [3.8, 4) is 5.75 Å². The highest BCUT2D eigenvalue weighted by atomic mass is 35.5. The van der Waals surface area contributed by atoms with E-state index < -0.39 is 63.7 Å². The summed E-state index contributed by atoms with van der Waals surface area (Å²) in [5.74, 6) is -6.24. The van der Waals surface area contributed by atoms with Gasteiger partial charge in [0.05, 0.1) is 23.6 Å². The molecule has 2 amide bonds. The average molecular weight is 532 g/mol. The predicted molar refractivity (Wildman–Crippen MR) is 112 cm³/mol. The third-order valence-electron chi connectivity index (χ3n) is 4.85. The summed E-state index contributed by atoms with van der Waals surface area (Å²) >= 11 is 18.2. The average Bonchev–Trinajstić information content (AvgIpc) is 3.29. The normalized spacial score (nSPS) is 19.1. The van der Waals surface area contributed by atoms with Gasteiger partial charge < -0.3 is 15.4 Å². The monoisotopic (exact) mass is 530 g/mol. The number of nitrogens with one attached hydrogen (secondary N) is 2. The first-order valence-electron chi connectivity index (χ1n) is 9.12. The Kier molecular flexibility index (Phi) is 7.02. The molecule has 13 heteroatoms. The second-order valence-electron chi connectivity index (χ2n) is 7.13. The molecule has 33 heavy (non-hydrogen) atoms. The molecule has 2 aromatic rings. The van der Waals surface area contributed by atoms with E-state index in [-0.39, 0.29) is 10.7 Å². The fourth-order valence-electron chi connectivity index (χ4n) is 3.31. The SMILES string of the molecule is COc1c(F)cc(NC(=O)C2C(c3ccc(F)c(Cl)c3)C2(Cl)Cl)cc1C(=O)NCC(F)(F)F. The van der Waals surface area contributed by atoms with Crippen molar-refractivity contribution in [2.75, 3.05) is 19.0 Å². The second kappa shape index (κ2) is 9.15. The van der Waals surface area contributed by atoms with Gasteiger partial charge >= 0.3 is 6.18 Å². The number of carbonyl (C=O) groups is 2. The molecule has 2 unspecified atom stereocenters. The number of hydrogen-bond donors (Lipinski definition) is 2. The van der Waals surface area contributed by atoms with Crippen molar-refractivity contribution in [1.29, 1.82) is 0 Å². The third kappa shape index (κ3) is 5.44. The molecule has 1 saturated carbocycles. The molecule has 1 aliphatic rings. The van der Waals surface area contributed by atoms with Gasteiger partial charge in [-0.15, -0.1) is 23.2 Å². The van der Waals surface area contributed by atoms with Crippen LogP contribution in [0, 0.1) is 17.6 Å². The zero-order chi connectivity index (χ0) is 24.7. The molecule has 0 bridgehead atoms. The van der Waals surface area contributed by atoms with Crippen LogP contribution in [-0.4, -0.2) is 36.0 Å². The largest absolute Gasteiger partial charge is 0.493 e. The molecule has 0 saturated heterocycles. The summed E-state index contributed by atoms with van der Waals surface area (Å²) in [5.41, 5.74) is -0.431. The zero-order valence-corrected chi connectivity index (χ0v) is 18.8. The van der Waals surface area contributed by atoms with Gasteiger partial charge in [0.15, 0.2) is 11.6 Å². The Morgan fingerprint density at radius 3 is 2.36 bits per heavy atom. The quantitative estimate of drug-likeness (QED) is 0.385. The van der Waals surface area contributed by atoms with Gasteiger partial charge in [0.25, 0.3) is 5.91 Å². The van der Waals surface area contributed by atoms with Gasteiger partial charge in [-0.3, -0.25) is 9.59 Å². The van der Waals surface area contributed by atoms with Crippen LogP contribution in [0.5, 0.6) is 5.75 Å². The lowest BCUT2D eigenvalue weighted by molar-refractivity contribution is -0.123. The van der Waals surface area contributed by atoms with Gasteiger partial charge in [-0.05, 0) is 23.8 Å². The summed E-state index contributed by atoms with van der Waals surface area (Å²) in [6, 6.07) is 5.47. The van der Waals surface area contributed by atoms with Crippen LogP contribution in [0.25, 0.3) is 0 Å². The van der Waals surface area contributed by atoms with Crippen LogP contribution in [0.2, 0.25) is 5.02 Å². The summed E-state index contributed by atoms with van der Waals surface area (Å²) in [6.45, 7) is -1.65. The molecule has 2 atom stereocenters. The van der Waals surface area contributed by atoms with Crippen LogP contribution in [0.1, 0.15) is 21.8 Å². The Labute approximate surface area is 199 Å². The van der Waals surface area contributed by atoms with Gasteiger partial charge in [-0.1, -0.05) is 17.7 Å². The maximum absolute atomic E-state index is 14.4. The minimum Gasteiger partial charge on any atom is -0.493 e. The smallest absolute Gasteiger partial charge is 0.405 e. The molecule has 5 nitrogen and oxygen atoms in total. The lowest BCUT2D eigenvalue weighted by Gasteiger charge is -2.14. The van der Waals surface area contributed by atoms with Crippen molar-refractivity contribution in [1.82, 2.24) is 5.32 Å². The standard InChI is InChI=1S/C20H14Cl3F5N2O3/c1-33-16-10(17(31)29-7-19(26,27)28)5-9(6-13(16)25)30-18(32)15-14(20(15,22)23)8-2-3-12(24)11(21)4-8/h2-6,14-15H,7H2,1H3,(H,29,31)(H,30,32). The summed E-state index contributed by atoms with van der Waals surface area (Å²) in [5, 5.41) is 3.73. The van der Waals surface area contributed by atoms with E-state index >= 15 is 0 Å². The van der Waals surface area contributed by atoms with Gasteiger partial charge in [0, 0.05) is 17.7 Å². The van der Waals surface area contributed by atoms with Gasteiger partial charge in [-0.2, -0.15) is 13.2 Å². The van der Waals surface area contributed by atoms with Crippen LogP contribution in [0.15, 0.2) is 30.3 Å². The summed E-state index contributed by atoms with van der Waals surface area (Å²) in [6.07, 6.45) is -4.69. The van der Waals surface area contributed by atoms with Gasteiger partial charge in [-0.25, -0.2) is 8.78 Å². The van der Waals surface area contributed by atoms with E-state index in [0.717, 1.165) is 25.3 Å². The Hall–Kier alpha value is -2.30. The van der Waals surface area contributed by atoms with Crippen LogP contribution in [0.4, 0.5) is 27.6 Å². The first-order valence-corrected chi connectivity index (χ1v) is 10.3. The summed E-state index contributed by atoms with van der Waals surface area (Å²) in [4.78, 5) is 24.9. The topological polar surface area (TPSA) is 67.4 Å². The molecule has 178 valence electrons. The van der Waals surface area contributed by atoms with Crippen LogP contribution < -0.4 is 15.4 Å². The molecule has 2 N–H and O–H groups in total. The van der Waals surface area contributed by atoms with Crippen molar-refractivity contribution in [3.05, 3.63) is 58.1 Å². The molecule has 0 aromatic heterocycles. The van der Waals surface area contributed by atoms with E-state index in [1.807, 2.05) is 0 Å². The van der Waals surface area contributed by atoms with Crippen LogP contribution in [0.3, 0.4) is 0 Å². The minimum atomic E-state index is -4.69. The summed E-state index contributed by atoms with van der Waals surface area (Å²) < 4.78 is 68.2. The molecular weight excluding hydrogens is 518 g/mol. The zero-order valence-electron chi connectivity index (χ0n) is 16.5. The molecule has 0 aliphatic heterocycles. The van der Waals surface area contributed by atoms with Gasteiger partial charge in [0.1, 0.15) is 16.7 Å². The van der Waals surface area contributed by atoms with Gasteiger partial charge in [0.2, 0.25) is 5.91 Å². The molecule has 0 heterocycles. The number of halogens is 8. The van der Waals surface area contributed by atoms with Crippen molar-refractivity contribution in [2.24, 2.45) is 5.92 Å². The molecule has 2 aromatic carbocycles. The first-order chi connectivity index (χ1) is 15.3. The van der Waals surface area contributed by atoms with E-state index in [1.165, 1.54) is 12.1 Å². The maximum Gasteiger partial charge on any atom is 0.405 e. The number of hydrogen-bond acceptors (Lipinski definition) is 3. The first kappa shape index (κ1) is 25.3. The Bertz CT molecular complexity index is 1110. The number of carbonyl (C=O) groups excluding carboxylic acids is 2. The Balaban J connectivity index is 1.82. The number of rotatable bonds is 6. The van der Waals surface area contributed by atoms with Crippen molar-refractivity contribution in [2.45, 2.75) is 16.4 Å². The second-order valence-corrected chi connectivity index (χ2v) is 8.98. The van der Waals surface area contributed by atoms with Crippen LogP contribution >= 0.6 is 34.8 Å². The maximum atomic E-state index is 14.4. The highest BCUT2D eigenvalue weighted by Crippen LogP contribution is 2.65. The number of ether oxygens (including phenoxy) is 1. The van der Waals surface area contributed by atoms with Crippen molar-refractivity contribution in [3.63, 3.8) is 0 Å². The van der Waals surface area contributed by atoms with E-state index in [4.69, 9.17) is 39.5 Å². The van der Waals surface area contributed by atoms with Crippen molar-refractivity contribution < 1.29 is 36.3 Å². The fourth-order valence-corrected chi connectivity index (χ4v) is 4.33. The Morgan fingerprint density at radius 2 is 1.79 bits per heavy atom. The molecule has 3 rings (SSSR count). The molecule has 0 radical (unpaired) electrons. The van der Waals surface area contributed by atoms with E-state index in [2.05, 4.69) is 5.32 Å². The van der Waals surface area contributed by atoms with E-state index in [1.54, 1.807) is 5.32 Å². The number of anilines is 1. The highest BCUT2D eigenvalue weighted by molar-refractivity contribution is 6.53. The van der Waals surface area contributed by atoms with Crippen LogP contribution in [-0.2, 0) is 4.79 Å². The number of benzene rings is 2. The molecule has 0 spiro atoms. The fraction of sp³-hybridized carbons (Fsp3) is 0.300. The van der Waals surface area contributed by atoms with E-state index in [9.17, 15) is 31.5 Å². The number of methoxy groups -OCH3 is 1. The van der Waals surface area contributed by atoms with Crippen molar-refractivity contribution >= 4 is 52.3 Å². The predicted octanol–water partition coefficient (Wildman–Crippen LogP) is 5.44. The summed E-state index contributed by atoms with van der Waals surface area (Å²) in [7, 11) is 1.02. The lowest BCUT2D eigenvalue weighted by Crippen LogP contribution is -2.34. The minimum absolute atomic E-state index is 0.200. The number of amides is 2. The third-order valence-corrected chi connectivity index (χ3v) is 6.08. The molecule has 1 fully saturated rings. The molecule has 1 aliphatic carbocycles. The highest BCUT2D eigenvalue weighted by Gasteiger charge is 2.67. The molecular formula is C20H14Cl3F5N2O3.